The molecule has 238 valence electrons. The van der Waals surface area contributed by atoms with Crippen molar-refractivity contribution >= 4 is 69.7 Å². The summed E-state index contributed by atoms with van der Waals surface area (Å²) in [7, 11) is 0. The summed E-state index contributed by atoms with van der Waals surface area (Å²) in [4.78, 5) is 0. The van der Waals surface area contributed by atoms with Gasteiger partial charge in [0, 0.05) is 40.3 Å². The maximum absolute atomic E-state index is 6.59. The Morgan fingerprint density at radius 3 is 1.55 bits per heavy atom. The van der Waals surface area contributed by atoms with E-state index >= 15 is 0 Å². The van der Waals surface area contributed by atoms with Gasteiger partial charge in [-0.15, -0.1) is 22.7 Å². The van der Waals surface area contributed by atoms with Crippen molar-refractivity contribution in [1.82, 2.24) is 0 Å². The second-order valence-electron chi connectivity index (χ2n) is 12.0. The summed E-state index contributed by atoms with van der Waals surface area (Å²) in [6.45, 7) is 4.64. The lowest BCUT2D eigenvalue weighted by Gasteiger charge is -2.13. The lowest BCUT2D eigenvalue weighted by Crippen LogP contribution is -2.11. The largest absolute Gasteiger partial charge is 0.320 e. The van der Waals surface area contributed by atoms with E-state index in [-0.39, 0.29) is 6.04 Å². The normalized spacial score (nSPS) is 11.6. The molecule has 1 atom stereocenters. The van der Waals surface area contributed by atoms with Gasteiger partial charge in [0.25, 0.3) is 0 Å². The van der Waals surface area contributed by atoms with Crippen LogP contribution in [0, 0.1) is 12.3 Å². The third-order valence-corrected chi connectivity index (χ3v) is 11.1. The second kappa shape index (κ2) is 14.4. The molecule has 0 aliphatic heterocycles. The third kappa shape index (κ3) is 6.67. The number of hydrogen-bond donors (Lipinski definition) is 2. The zero-order valence-corrected chi connectivity index (χ0v) is 28.9. The molecule has 9 aromatic rings. The van der Waals surface area contributed by atoms with Gasteiger partial charge in [0.15, 0.2) is 0 Å². The molecule has 0 amide bonds. The SMILES string of the molecule is C=N.Cc1cccc(-c2ccc3c(c2)sc2ccccc23)c1.NC(c1ccc(-c2ccccc2)cc1)c1ccc2c(c1)sc1ccccc12. The topological polar surface area (TPSA) is 49.9 Å². The van der Waals surface area contributed by atoms with Gasteiger partial charge in [-0.1, -0.05) is 145 Å². The van der Waals surface area contributed by atoms with Crippen LogP contribution in [0.25, 0.3) is 62.6 Å². The quantitative estimate of drug-likeness (QED) is 0.180. The van der Waals surface area contributed by atoms with E-state index in [4.69, 9.17) is 11.1 Å². The molecule has 2 nitrogen and oxygen atoms in total. The minimum atomic E-state index is -0.121. The summed E-state index contributed by atoms with van der Waals surface area (Å²) in [6, 6.07) is 58.2. The highest BCUT2D eigenvalue weighted by molar-refractivity contribution is 7.26. The Labute approximate surface area is 295 Å². The molecule has 0 saturated heterocycles. The van der Waals surface area contributed by atoms with Crippen molar-refractivity contribution in [3.05, 3.63) is 180 Å². The summed E-state index contributed by atoms with van der Waals surface area (Å²) >= 11 is 3.71. The number of thiophene rings is 2. The van der Waals surface area contributed by atoms with Crippen molar-refractivity contribution in [3.8, 4) is 22.3 Å². The average Bonchev–Trinajstić information content (AvgIpc) is 3.73. The molecule has 49 heavy (non-hydrogen) atoms. The van der Waals surface area contributed by atoms with Crippen molar-refractivity contribution in [1.29, 1.82) is 5.41 Å². The number of benzene rings is 7. The van der Waals surface area contributed by atoms with E-state index in [9.17, 15) is 0 Å². The van der Waals surface area contributed by atoms with Crippen LogP contribution in [0.3, 0.4) is 0 Å². The van der Waals surface area contributed by atoms with E-state index in [1.807, 2.05) is 28.7 Å². The van der Waals surface area contributed by atoms with Gasteiger partial charge in [-0.3, -0.25) is 0 Å². The summed E-state index contributed by atoms with van der Waals surface area (Å²) in [6.07, 6.45) is 0. The molecule has 4 heteroatoms. The molecule has 2 heterocycles. The first-order valence-electron chi connectivity index (χ1n) is 16.3. The lowest BCUT2D eigenvalue weighted by atomic mass is 9.96. The van der Waals surface area contributed by atoms with Crippen molar-refractivity contribution in [3.63, 3.8) is 0 Å². The fraction of sp³-hybridized carbons (Fsp3) is 0.0444. The molecule has 0 saturated carbocycles. The first kappa shape index (κ1) is 32.2. The highest BCUT2D eigenvalue weighted by Gasteiger charge is 2.12. The monoisotopic (exact) mass is 668 g/mol. The first-order chi connectivity index (χ1) is 24.1. The van der Waals surface area contributed by atoms with Crippen LogP contribution in [0.5, 0.6) is 0 Å². The van der Waals surface area contributed by atoms with Crippen LogP contribution < -0.4 is 5.73 Å². The smallest absolute Gasteiger partial charge is 0.0552 e. The van der Waals surface area contributed by atoms with Gasteiger partial charge in [-0.05, 0) is 71.3 Å². The highest BCUT2D eigenvalue weighted by Crippen LogP contribution is 2.37. The van der Waals surface area contributed by atoms with Crippen LogP contribution >= 0.6 is 22.7 Å². The minimum absolute atomic E-state index is 0.121. The molecule has 7 aromatic carbocycles. The van der Waals surface area contributed by atoms with Gasteiger partial charge in [0.1, 0.15) is 0 Å². The fourth-order valence-electron chi connectivity index (χ4n) is 6.37. The van der Waals surface area contributed by atoms with Gasteiger partial charge in [-0.2, -0.15) is 0 Å². The zero-order valence-electron chi connectivity index (χ0n) is 27.3. The molecule has 1 unspecified atom stereocenters. The maximum Gasteiger partial charge on any atom is 0.0552 e. The first-order valence-corrected chi connectivity index (χ1v) is 17.9. The molecular weight excluding hydrogens is 633 g/mol. The summed E-state index contributed by atoms with van der Waals surface area (Å²) < 4.78 is 5.35. The van der Waals surface area contributed by atoms with E-state index in [0.29, 0.717) is 0 Å². The Morgan fingerprint density at radius 1 is 0.429 bits per heavy atom. The van der Waals surface area contributed by atoms with Crippen LogP contribution in [0.15, 0.2) is 164 Å². The van der Waals surface area contributed by atoms with E-state index < -0.39 is 0 Å². The van der Waals surface area contributed by atoms with Crippen LogP contribution in [-0.4, -0.2) is 6.72 Å². The Bertz CT molecular complexity index is 2510. The maximum atomic E-state index is 6.59. The van der Waals surface area contributed by atoms with Gasteiger partial charge in [-0.25, -0.2) is 0 Å². The predicted molar refractivity (Wildman–Crippen MR) is 217 cm³/mol. The molecule has 0 radical (unpaired) electrons. The van der Waals surface area contributed by atoms with Gasteiger partial charge < -0.3 is 11.1 Å². The summed E-state index contributed by atoms with van der Waals surface area (Å²) in [5.74, 6) is 0. The number of nitrogens with two attached hydrogens (primary N) is 1. The Kier molecular flexibility index (Phi) is 9.45. The van der Waals surface area contributed by atoms with Gasteiger partial charge >= 0.3 is 0 Å². The molecule has 0 fully saturated rings. The van der Waals surface area contributed by atoms with Crippen molar-refractivity contribution in [2.75, 3.05) is 0 Å². The third-order valence-electron chi connectivity index (χ3n) is 8.87. The Morgan fingerprint density at radius 2 is 0.898 bits per heavy atom. The Balaban J connectivity index is 0.000000153. The van der Waals surface area contributed by atoms with Gasteiger partial charge in [0.2, 0.25) is 0 Å². The second-order valence-corrected chi connectivity index (χ2v) is 14.2. The van der Waals surface area contributed by atoms with Crippen LogP contribution in [0.2, 0.25) is 0 Å². The van der Waals surface area contributed by atoms with E-state index in [1.54, 1.807) is 0 Å². The van der Waals surface area contributed by atoms with Crippen molar-refractivity contribution in [2.45, 2.75) is 13.0 Å². The van der Waals surface area contributed by atoms with E-state index in [1.165, 1.54) is 68.2 Å². The number of fused-ring (bicyclic) bond motifs is 6. The number of hydrogen-bond acceptors (Lipinski definition) is 4. The summed E-state index contributed by atoms with van der Waals surface area (Å²) in [5.41, 5.74) is 15.2. The molecule has 0 aliphatic carbocycles. The molecule has 0 spiro atoms. The number of aryl methyl sites for hydroxylation is 1. The Hall–Kier alpha value is -5.39. The van der Waals surface area contributed by atoms with Crippen LogP contribution in [0.1, 0.15) is 22.7 Å². The van der Waals surface area contributed by atoms with Crippen molar-refractivity contribution in [2.24, 2.45) is 5.73 Å². The van der Waals surface area contributed by atoms with E-state index in [0.717, 1.165) is 11.1 Å². The van der Waals surface area contributed by atoms with Crippen molar-refractivity contribution < 1.29 is 0 Å². The molecule has 0 bridgehead atoms. The number of nitrogens with one attached hydrogen (secondary N) is 1. The van der Waals surface area contributed by atoms with E-state index in [2.05, 4.69) is 171 Å². The highest BCUT2D eigenvalue weighted by atomic mass is 32.1. The van der Waals surface area contributed by atoms with Crippen LogP contribution in [0.4, 0.5) is 0 Å². The molecule has 9 rings (SSSR count). The fourth-order valence-corrected chi connectivity index (χ4v) is 8.67. The van der Waals surface area contributed by atoms with Gasteiger partial charge in [0.05, 0.1) is 6.04 Å². The van der Waals surface area contributed by atoms with Crippen LogP contribution in [-0.2, 0) is 0 Å². The lowest BCUT2D eigenvalue weighted by molar-refractivity contribution is 0.874. The molecule has 3 N–H and O–H groups in total. The molecule has 2 aromatic heterocycles. The molecular formula is C45H36N2S2. The molecule has 0 aliphatic rings. The summed E-state index contributed by atoms with van der Waals surface area (Å²) in [5, 5.41) is 10.9. The minimum Gasteiger partial charge on any atom is -0.320 e. The average molecular weight is 669 g/mol. The zero-order chi connectivity index (χ0) is 33.7. The number of rotatable bonds is 4. The predicted octanol–water partition coefficient (Wildman–Crippen LogP) is 13.1. The standard InChI is InChI=1S/C25H19NS.C19H14S.CH3N/c26-25(19-12-10-18(11-13-19)17-6-2-1-3-7-17)20-14-15-22-21-8-4-5-9-23(21)27-24(22)16-20;1-13-5-4-6-14(11-13)15-9-10-17-16-7-2-3-8-18(16)20-19(17)12-15;1-2/h1-16,25H,26H2;2-12H,1H3;2H,1H2.